The number of fused-ring (bicyclic) bond motifs is 2. The summed E-state index contributed by atoms with van der Waals surface area (Å²) in [5, 5.41) is 11.1. The Bertz CT molecular complexity index is 1200. The second-order valence-electron chi connectivity index (χ2n) is 8.52. The van der Waals surface area contributed by atoms with Gasteiger partial charge in [-0.3, -0.25) is 9.48 Å². The molecule has 1 atom stereocenters. The third kappa shape index (κ3) is 4.68. The molecule has 2 N–H and O–H groups in total. The van der Waals surface area contributed by atoms with Crippen LogP contribution in [0, 0.1) is 0 Å². The Morgan fingerprint density at radius 3 is 2.84 bits per heavy atom. The highest BCUT2D eigenvalue weighted by atomic mass is 35.5. The number of ether oxygens (including phenoxy) is 1. The first-order valence-corrected chi connectivity index (χ1v) is 11.5. The Morgan fingerprint density at radius 1 is 1.31 bits per heavy atom. The fraction of sp³-hybridized carbons (Fsp3) is 0.364. The van der Waals surface area contributed by atoms with E-state index in [-0.39, 0.29) is 11.9 Å². The van der Waals surface area contributed by atoms with Crippen LogP contribution in [0.4, 0.5) is 10.5 Å². The largest absolute Gasteiger partial charge is 0.444 e. The molecule has 168 valence electrons. The van der Waals surface area contributed by atoms with Crippen molar-refractivity contribution in [3.8, 4) is 0 Å². The van der Waals surface area contributed by atoms with Crippen molar-refractivity contribution in [3.63, 3.8) is 0 Å². The summed E-state index contributed by atoms with van der Waals surface area (Å²) in [7, 11) is 1.79. The minimum absolute atomic E-state index is 0.231. The lowest BCUT2D eigenvalue weighted by Crippen LogP contribution is -2.36. The summed E-state index contributed by atoms with van der Waals surface area (Å²) in [6, 6.07) is 5.03. The average Bonchev–Trinajstić information content (AvgIpc) is 3.08. The van der Waals surface area contributed by atoms with Crippen LogP contribution in [0.15, 0.2) is 35.5 Å². The van der Waals surface area contributed by atoms with Crippen molar-refractivity contribution in [3.05, 3.63) is 46.7 Å². The summed E-state index contributed by atoms with van der Waals surface area (Å²) in [4.78, 5) is 30.5. The third-order valence-corrected chi connectivity index (χ3v) is 6.38. The van der Waals surface area contributed by atoms with Gasteiger partial charge in [-0.2, -0.15) is 5.10 Å². The number of nitrogens with zero attached hydrogens (tertiary/aromatic N) is 3. The van der Waals surface area contributed by atoms with Gasteiger partial charge in [-0.25, -0.2) is 9.78 Å². The maximum atomic E-state index is 13.0. The molecule has 0 radical (unpaired) electrons. The molecular weight excluding hydrogens is 450 g/mol. The third-order valence-electron chi connectivity index (χ3n) is 4.96. The van der Waals surface area contributed by atoms with Crippen LogP contribution in [-0.2, 0) is 11.8 Å². The zero-order valence-corrected chi connectivity index (χ0v) is 19.8. The van der Waals surface area contributed by atoms with Crippen LogP contribution in [0.5, 0.6) is 0 Å². The lowest BCUT2D eigenvalue weighted by atomic mass is 10.0. The van der Waals surface area contributed by atoms with Gasteiger partial charge < -0.3 is 15.4 Å². The molecule has 3 heterocycles. The van der Waals surface area contributed by atoms with E-state index in [9.17, 15) is 9.59 Å². The molecule has 0 unspecified atom stereocenters. The van der Waals surface area contributed by atoms with Crippen LogP contribution < -0.4 is 10.6 Å². The van der Waals surface area contributed by atoms with E-state index in [0.717, 1.165) is 28.0 Å². The Balaban J connectivity index is 1.57. The summed E-state index contributed by atoms with van der Waals surface area (Å²) in [6.45, 7) is 5.46. The van der Waals surface area contributed by atoms with Gasteiger partial charge in [-0.1, -0.05) is 11.6 Å². The molecule has 4 rings (SSSR count). The first kappa shape index (κ1) is 22.4. The van der Waals surface area contributed by atoms with Gasteiger partial charge in [0.25, 0.3) is 5.91 Å². The molecule has 10 heteroatoms. The van der Waals surface area contributed by atoms with Gasteiger partial charge in [-0.15, -0.1) is 11.8 Å². The number of amides is 2. The maximum Gasteiger partial charge on any atom is 0.408 e. The highest BCUT2D eigenvalue weighted by Gasteiger charge is 2.27. The number of alkyl carbamates (subject to hydrolysis) is 1. The van der Waals surface area contributed by atoms with E-state index in [4.69, 9.17) is 16.3 Å². The number of carbonyl (C=O) groups excluding carboxylic acids is 2. The lowest BCUT2D eigenvalue weighted by molar-refractivity contribution is 0.0501. The smallest absolute Gasteiger partial charge is 0.408 e. The Labute approximate surface area is 195 Å². The van der Waals surface area contributed by atoms with E-state index in [0.29, 0.717) is 21.9 Å². The monoisotopic (exact) mass is 473 g/mol. The van der Waals surface area contributed by atoms with Gasteiger partial charge in [0.05, 0.1) is 33.9 Å². The maximum absolute atomic E-state index is 13.0. The highest BCUT2D eigenvalue weighted by molar-refractivity contribution is 7.99. The van der Waals surface area contributed by atoms with Crippen LogP contribution >= 0.6 is 23.4 Å². The number of nitrogens with one attached hydrogen (secondary N) is 2. The van der Waals surface area contributed by atoms with Crippen LogP contribution in [0.25, 0.3) is 11.0 Å². The number of hydrogen-bond donors (Lipinski definition) is 2. The quantitative estimate of drug-likeness (QED) is 0.559. The molecule has 32 heavy (non-hydrogen) atoms. The van der Waals surface area contributed by atoms with Gasteiger partial charge in [0, 0.05) is 23.9 Å². The van der Waals surface area contributed by atoms with E-state index < -0.39 is 11.7 Å². The number of hydrogen-bond acceptors (Lipinski definition) is 6. The minimum Gasteiger partial charge on any atom is -0.444 e. The molecule has 0 saturated carbocycles. The van der Waals surface area contributed by atoms with Crippen molar-refractivity contribution < 1.29 is 14.3 Å². The number of carbonyl (C=O) groups is 2. The average molecular weight is 474 g/mol. The van der Waals surface area contributed by atoms with E-state index in [1.165, 1.54) is 0 Å². The summed E-state index contributed by atoms with van der Waals surface area (Å²) in [5.41, 5.74) is 1.95. The molecule has 8 nitrogen and oxygen atoms in total. The van der Waals surface area contributed by atoms with Crippen LogP contribution in [0.1, 0.15) is 49.2 Å². The Hall–Kier alpha value is -2.78. The second kappa shape index (κ2) is 8.63. The van der Waals surface area contributed by atoms with E-state index in [2.05, 4.69) is 20.7 Å². The lowest BCUT2D eigenvalue weighted by Gasteiger charge is -2.28. The Morgan fingerprint density at radius 2 is 2.09 bits per heavy atom. The molecule has 0 aliphatic carbocycles. The molecule has 2 aromatic heterocycles. The molecule has 1 aliphatic rings. The van der Waals surface area contributed by atoms with Crippen LogP contribution in [0.2, 0.25) is 5.02 Å². The molecule has 1 aliphatic heterocycles. The molecule has 3 aromatic rings. The number of aromatic nitrogens is 3. The standard InChI is InChI=1S/C22H24ClN5O3S/c1-22(2,3)31-21(30)27-17-6-8-32-18-10-12(15(23)9-13(17)18)20(29)26-16-5-7-24-19-14(16)11-25-28(19)4/h5,7,9-11,17H,6,8H2,1-4H3,(H,27,30)(H,24,26,29)/t17-/m0/s1. The van der Waals surface area contributed by atoms with Crippen molar-refractivity contribution in [1.29, 1.82) is 0 Å². The molecule has 0 fully saturated rings. The first-order valence-electron chi connectivity index (χ1n) is 10.2. The summed E-state index contributed by atoms with van der Waals surface area (Å²) in [6.07, 6.45) is 3.55. The van der Waals surface area contributed by atoms with Gasteiger partial charge in [0.2, 0.25) is 0 Å². The zero-order chi connectivity index (χ0) is 23.0. The van der Waals surface area contributed by atoms with Crippen molar-refractivity contribution in [2.75, 3.05) is 11.1 Å². The summed E-state index contributed by atoms with van der Waals surface area (Å²) >= 11 is 8.14. The number of rotatable bonds is 3. The summed E-state index contributed by atoms with van der Waals surface area (Å²) in [5.74, 6) is 0.480. The molecule has 0 spiro atoms. The van der Waals surface area contributed by atoms with E-state index >= 15 is 0 Å². The number of pyridine rings is 1. The van der Waals surface area contributed by atoms with Gasteiger partial charge in [-0.05, 0) is 51.0 Å². The summed E-state index contributed by atoms with van der Waals surface area (Å²) < 4.78 is 7.03. The van der Waals surface area contributed by atoms with Crippen molar-refractivity contribution in [2.45, 2.75) is 43.7 Å². The van der Waals surface area contributed by atoms with E-state index in [1.807, 2.05) is 20.8 Å². The number of anilines is 1. The highest BCUT2D eigenvalue weighted by Crippen LogP contribution is 2.39. The number of thioether (sulfide) groups is 1. The number of aryl methyl sites for hydroxylation is 1. The molecule has 1 aromatic carbocycles. The Kier molecular flexibility index (Phi) is 6.05. The fourth-order valence-electron chi connectivity index (χ4n) is 3.53. The molecule has 2 amide bonds. The minimum atomic E-state index is -0.581. The van der Waals surface area contributed by atoms with Crippen LogP contribution in [-0.4, -0.2) is 38.1 Å². The second-order valence-corrected chi connectivity index (χ2v) is 10.1. The van der Waals surface area contributed by atoms with Gasteiger partial charge in [0.15, 0.2) is 5.65 Å². The molecule has 0 saturated heterocycles. The zero-order valence-electron chi connectivity index (χ0n) is 18.2. The van der Waals surface area contributed by atoms with Crippen molar-refractivity contribution in [1.82, 2.24) is 20.1 Å². The number of halogens is 1. The number of benzene rings is 1. The fourth-order valence-corrected chi connectivity index (χ4v) is 4.93. The first-order chi connectivity index (χ1) is 15.1. The topological polar surface area (TPSA) is 98.1 Å². The van der Waals surface area contributed by atoms with Gasteiger partial charge in [0.1, 0.15) is 5.60 Å². The molecule has 0 bridgehead atoms. The predicted molar refractivity (Wildman–Crippen MR) is 125 cm³/mol. The predicted octanol–water partition coefficient (Wildman–Crippen LogP) is 4.94. The van der Waals surface area contributed by atoms with Gasteiger partial charge >= 0.3 is 6.09 Å². The normalized spacial score (nSPS) is 15.8. The van der Waals surface area contributed by atoms with Crippen LogP contribution in [0.3, 0.4) is 0 Å². The SMILES string of the molecule is Cn1ncc2c(NC(=O)c3cc4c(cc3Cl)[C@@H](NC(=O)OC(C)(C)C)CCS4)ccnc21. The van der Waals surface area contributed by atoms with Crippen molar-refractivity contribution in [2.24, 2.45) is 7.05 Å². The van der Waals surface area contributed by atoms with Crippen molar-refractivity contribution >= 4 is 52.1 Å². The molecular formula is C22H24ClN5O3S. The van der Waals surface area contributed by atoms with E-state index in [1.54, 1.807) is 54.1 Å².